The third-order valence-electron chi connectivity index (χ3n) is 4.40. The van der Waals surface area contributed by atoms with Crippen molar-refractivity contribution >= 4 is 46.7 Å². The van der Waals surface area contributed by atoms with Crippen molar-refractivity contribution in [3.8, 4) is 5.75 Å². The van der Waals surface area contributed by atoms with Crippen LogP contribution in [0.15, 0.2) is 42.5 Å². The molecule has 0 aliphatic rings. The molecule has 0 saturated carbocycles. The molecule has 2 rings (SSSR count). The highest BCUT2D eigenvalue weighted by Crippen LogP contribution is 2.25. The lowest BCUT2D eigenvalue weighted by Crippen LogP contribution is -2.49. The highest BCUT2D eigenvalue weighted by molar-refractivity contribution is 7.80. The second-order valence-corrected chi connectivity index (χ2v) is 7.95. The zero-order valence-electron chi connectivity index (χ0n) is 18.4. The van der Waals surface area contributed by atoms with Gasteiger partial charge >= 0.3 is 5.97 Å². The molecule has 0 heterocycles. The summed E-state index contributed by atoms with van der Waals surface area (Å²) in [5.74, 6) is -0.946. The number of esters is 1. The Kier molecular flexibility index (Phi) is 10.6. The number of nitrogens with one attached hydrogen (secondary N) is 3. The van der Waals surface area contributed by atoms with E-state index in [2.05, 4.69) is 16.2 Å². The second kappa shape index (κ2) is 13.4. The minimum absolute atomic E-state index is 0.0800. The highest BCUT2D eigenvalue weighted by Gasteiger charge is 2.11. The molecule has 10 heteroatoms. The van der Waals surface area contributed by atoms with Crippen molar-refractivity contribution in [2.24, 2.45) is 0 Å². The molecule has 2 amide bonds. The average Bonchev–Trinajstić information content (AvgIpc) is 2.79. The largest absolute Gasteiger partial charge is 0.484 e. The minimum atomic E-state index is -0.501. The van der Waals surface area contributed by atoms with Crippen LogP contribution in [0.5, 0.6) is 5.75 Å². The van der Waals surface area contributed by atoms with Gasteiger partial charge in [-0.05, 0) is 54.9 Å². The smallest absolute Gasteiger partial charge is 0.306 e. The number of hydrogen-bond donors (Lipinski definition) is 3. The quantitative estimate of drug-likeness (QED) is 0.281. The van der Waals surface area contributed by atoms with Gasteiger partial charge < -0.3 is 14.8 Å². The lowest BCUT2D eigenvalue weighted by molar-refractivity contribution is -0.144. The van der Waals surface area contributed by atoms with Crippen LogP contribution in [0.4, 0.5) is 0 Å². The maximum atomic E-state index is 11.9. The zero-order chi connectivity index (χ0) is 24.2. The van der Waals surface area contributed by atoms with Crippen LogP contribution in [0, 0.1) is 13.8 Å². The van der Waals surface area contributed by atoms with E-state index in [0.29, 0.717) is 17.2 Å². The molecule has 0 unspecified atom stereocenters. The third-order valence-corrected chi connectivity index (χ3v) is 5.20. The minimum Gasteiger partial charge on any atom is -0.484 e. The number of carbonyl (C=O) groups is 3. The molecular formula is C23H26ClN3O5S. The highest BCUT2D eigenvalue weighted by atomic mass is 35.5. The van der Waals surface area contributed by atoms with Crippen LogP contribution < -0.4 is 20.9 Å². The van der Waals surface area contributed by atoms with Gasteiger partial charge in [-0.3, -0.25) is 25.2 Å². The molecule has 8 nitrogen and oxygen atoms in total. The number of amides is 2. The van der Waals surface area contributed by atoms with Crippen molar-refractivity contribution in [3.63, 3.8) is 0 Å². The van der Waals surface area contributed by atoms with Crippen molar-refractivity contribution in [2.45, 2.75) is 33.1 Å². The van der Waals surface area contributed by atoms with E-state index in [-0.39, 0.29) is 31.2 Å². The van der Waals surface area contributed by atoms with Gasteiger partial charge in [0.25, 0.3) is 5.91 Å². The maximum Gasteiger partial charge on any atom is 0.306 e. The number of thiocarbonyl (C=S) groups is 1. The molecule has 176 valence electrons. The monoisotopic (exact) mass is 491 g/mol. The first-order valence-electron chi connectivity index (χ1n) is 10.2. The van der Waals surface area contributed by atoms with E-state index in [1.165, 1.54) is 0 Å². The van der Waals surface area contributed by atoms with Crippen molar-refractivity contribution in [1.29, 1.82) is 0 Å². The van der Waals surface area contributed by atoms with E-state index in [0.717, 1.165) is 16.7 Å². The molecule has 2 aromatic rings. The predicted molar refractivity (Wildman–Crippen MR) is 129 cm³/mol. The van der Waals surface area contributed by atoms with Gasteiger partial charge in [0.2, 0.25) is 5.91 Å². The molecular weight excluding hydrogens is 466 g/mol. The van der Waals surface area contributed by atoms with E-state index < -0.39 is 17.8 Å². The molecule has 0 fully saturated rings. The number of carbonyl (C=O) groups excluding carboxylic acids is 3. The Bertz CT molecular complexity index is 978. The summed E-state index contributed by atoms with van der Waals surface area (Å²) in [6.45, 7) is 3.66. The van der Waals surface area contributed by atoms with Gasteiger partial charge in [0, 0.05) is 17.9 Å². The molecule has 0 spiro atoms. The first kappa shape index (κ1) is 26.1. The Hall–Kier alpha value is -3.17. The van der Waals surface area contributed by atoms with Crippen LogP contribution in [0.2, 0.25) is 5.02 Å². The number of halogens is 1. The van der Waals surface area contributed by atoms with E-state index in [1.54, 1.807) is 12.1 Å². The number of rotatable bonds is 9. The molecule has 33 heavy (non-hydrogen) atoms. The van der Waals surface area contributed by atoms with Crippen molar-refractivity contribution in [3.05, 3.63) is 64.2 Å². The maximum absolute atomic E-state index is 11.9. The molecule has 0 bridgehead atoms. The summed E-state index contributed by atoms with van der Waals surface area (Å²) >= 11 is 11.1. The van der Waals surface area contributed by atoms with Crippen molar-refractivity contribution in [2.75, 3.05) is 13.2 Å². The van der Waals surface area contributed by atoms with Crippen LogP contribution in [0.25, 0.3) is 0 Å². The first-order valence-corrected chi connectivity index (χ1v) is 11.0. The average molecular weight is 492 g/mol. The van der Waals surface area contributed by atoms with Gasteiger partial charge in [-0.25, -0.2) is 0 Å². The third kappa shape index (κ3) is 9.88. The summed E-state index contributed by atoms with van der Waals surface area (Å²) in [7, 11) is 0. The van der Waals surface area contributed by atoms with Crippen molar-refractivity contribution < 1.29 is 23.9 Å². The Morgan fingerprint density at radius 2 is 1.64 bits per heavy atom. The fraction of sp³-hybridized carbons (Fsp3) is 0.304. The molecule has 0 radical (unpaired) electrons. The Balaban J connectivity index is 1.59. The topological polar surface area (TPSA) is 106 Å². The normalized spacial score (nSPS) is 10.2. The summed E-state index contributed by atoms with van der Waals surface area (Å²) in [4.78, 5) is 35.6. The number of hydrazine groups is 1. The van der Waals surface area contributed by atoms with Crippen LogP contribution in [0.3, 0.4) is 0 Å². The van der Waals surface area contributed by atoms with Gasteiger partial charge in [0.15, 0.2) is 11.7 Å². The number of benzene rings is 2. The van der Waals surface area contributed by atoms with Gasteiger partial charge in [-0.2, -0.15) is 0 Å². The predicted octanol–water partition coefficient (Wildman–Crippen LogP) is 2.92. The van der Waals surface area contributed by atoms with Crippen LogP contribution in [0.1, 0.15) is 29.5 Å². The van der Waals surface area contributed by atoms with Gasteiger partial charge in [-0.1, -0.05) is 41.9 Å². The Morgan fingerprint density at radius 1 is 0.970 bits per heavy atom. The standard InChI is InChI=1S/C23H26ClN3O5S/c1-15-12-18(13-16(2)22(15)24)32-14-20(29)26-27-23(33)25-19(28)8-9-21(30)31-11-10-17-6-4-3-5-7-17/h3-7,12-13H,8-11,14H2,1-2H3,(H,26,29)(H2,25,27,28,33). The summed E-state index contributed by atoms with van der Waals surface area (Å²) in [5.41, 5.74) is 7.47. The van der Waals surface area contributed by atoms with E-state index in [4.69, 9.17) is 33.3 Å². The van der Waals surface area contributed by atoms with E-state index >= 15 is 0 Å². The number of aryl methyl sites for hydroxylation is 2. The number of ether oxygens (including phenoxy) is 2. The Morgan fingerprint density at radius 3 is 2.30 bits per heavy atom. The van der Waals surface area contributed by atoms with Crippen LogP contribution in [-0.4, -0.2) is 36.1 Å². The molecule has 3 N–H and O–H groups in total. The van der Waals surface area contributed by atoms with Crippen LogP contribution in [-0.2, 0) is 25.5 Å². The van der Waals surface area contributed by atoms with Crippen LogP contribution >= 0.6 is 23.8 Å². The first-order chi connectivity index (χ1) is 15.7. The number of hydrogen-bond acceptors (Lipinski definition) is 6. The van der Waals surface area contributed by atoms with E-state index in [9.17, 15) is 14.4 Å². The molecule has 0 atom stereocenters. The lowest BCUT2D eigenvalue weighted by atomic mass is 10.1. The molecule has 0 saturated heterocycles. The SMILES string of the molecule is Cc1cc(OCC(=O)NNC(=S)NC(=O)CCC(=O)OCCc2ccccc2)cc(C)c1Cl. The Labute approximate surface area is 202 Å². The molecule has 2 aromatic carbocycles. The molecule has 0 aliphatic carbocycles. The second-order valence-electron chi connectivity index (χ2n) is 7.17. The lowest BCUT2D eigenvalue weighted by Gasteiger charge is -2.12. The van der Waals surface area contributed by atoms with E-state index in [1.807, 2.05) is 44.2 Å². The fourth-order valence-corrected chi connectivity index (χ4v) is 3.01. The summed E-state index contributed by atoms with van der Waals surface area (Å²) in [6.07, 6.45) is 0.426. The summed E-state index contributed by atoms with van der Waals surface area (Å²) < 4.78 is 10.5. The van der Waals surface area contributed by atoms with Crippen molar-refractivity contribution in [1.82, 2.24) is 16.2 Å². The van der Waals surface area contributed by atoms with Gasteiger partial charge in [0.05, 0.1) is 13.0 Å². The van der Waals surface area contributed by atoms with Gasteiger partial charge in [0.1, 0.15) is 5.75 Å². The summed E-state index contributed by atoms with van der Waals surface area (Å²) in [5, 5.41) is 2.91. The molecule has 0 aliphatic heterocycles. The summed E-state index contributed by atoms with van der Waals surface area (Å²) in [6, 6.07) is 13.1. The fourth-order valence-electron chi connectivity index (χ4n) is 2.74. The zero-order valence-corrected chi connectivity index (χ0v) is 20.0. The van der Waals surface area contributed by atoms with Gasteiger partial charge in [-0.15, -0.1) is 0 Å². The molecule has 0 aromatic heterocycles.